The van der Waals surface area contributed by atoms with Gasteiger partial charge in [-0.05, 0) is 133 Å². The van der Waals surface area contributed by atoms with Crippen molar-refractivity contribution >= 4 is 56.1 Å². The summed E-state index contributed by atoms with van der Waals surface area (Å²) in [5, 5.41) is 2.17. The van der Waals surface area contributed by atoms with Crippen LogP contribution in [0.2, 0.25) is 0 Å². The molecule has 15 rings (SSSR count). The van der Waals surface area contributed by atoms with E-state index in [1.54, 1.807) is 0 Å². The molecule has 0 radical (unpaired) electrons. The largest absolute Gasteiger partial charge is 0.456 e. The maximum absolute atomic E-state index is 6.65. The van der Waals surface area contributed by atoms with Crippen molar-refractivity contribution in [1.82, 2.24) is 0 Å². The molecular formula is C70H48N2O. The Kier molecular flexibility index (Phi) is 8.92. The Morgan fingerprint density at radius 1 is 0.329 bits per heavy atom. The fraction of sp³-hybridized carbons (Fsp3) is 0.0571. The van der Waals surface area contributed by atoms with Gasteiger partial charge in [0.25, 0.3) is 0 Å². The second-order valence-electron chi connectivity index (χ2n) is 20.3. The SMILES string of the molecule is CC1(C)c2ccccc2-c2ccc(N(c3ccccc3)c3cccc4c3-c3ccccc3C43c4ccccc4-c4cccc(N(c5ccc(-c6ccccc6)cc5)c5cccc6oc7ccccc7c56)c43)cc21. The molecule has 0 fully saturated rings. The van der Waals surface area contributed by atoms with Crippen molar-refractivity contribution in [3.63, 3.8) is 0 Å². The van der Waals surface area contributed by atoms with Crippen LogP contribution in [0.15, 0.2) is 259 Å². The van der Waals surface area contributed by atoms with Crippen LogP contribution in [-0.4, -0.2) is 0 Å². The number of fused-ring (bicyclic) bond motifs is 16. The Balaban J connectivity index is 1.01. The molecule has 0 aliphatic heterocycles. The quantitative estimate of drug-likeness (QED) is 0.159. The third-order valence-corrected chi connectivity index (χ3v) is 16.3. The van der Waals surface area contributed by atoms with Gasteiger partial charge in [0.1, 0.15) is 11.2 Å². The molecule has 0 saturated heterocycles. The van der Waals surface area contributed by atoms with Gasteiger partial charge in [-0.15, -0.1) is 0 Å². The summed E-state index contributed by atoms with van der Waals surface area (Å²) in [5.74, 6) is 0. The molecule has 1 unspecified atom stereocenters. The number of hydrogen-bond donors (Lipinski definition) is 0. The summed E-state index contributed by atoms with van der Waals surface area (Å²) in [4.78, 5) is 5.02. The van der Waals surface area contributed by atoms with E-state index in [0.29, 0.717) is 0 Å². The lowest BCUT2D eigenvalue weighted by Gasteiger charge is -2.36. The molecule has 3 aliphatic rings. The van der Waals surface area contributed by atoms with Crippen LogP contribution < -0.4 is 9.80 Å². The number of rotatable bonds is 7. The van der Waals surface area contributed by atoms with Crippen LogP contribution in [0.5, 0.6) is 0 Å². The number of nitrogens with zero attached hydrogens (tertiary/aromatic N) is 2. The molecule has 1 aromatic heterocycles. The normalized spacial score (nSPS) is 15.2. The minimum Gasteiger partial charge on any atom is -0.456 e. The molecule has 0 N–H and O–H groups in total. The summed E-state index contributed by atoms with van der Waals surface area (Å²) in [5.41, 5.74) is 25.3. The van der Waals surface area contributed by atoms with Gasteiger partial charge < -0.3 is 14.2 Å². The van der Waals surface area contributed by atoms with E-state index in [9.17, 15) is 0 Å². The Bertz CT molecular complexity index is 4190. The van der Waals surface area contributed by atoms with Crippen LogP contribution in [0.1, 0.15) is 47.2 Å². The van der Waals surface area contributed by atoms with Gasteiger partial charge in [0.15, 0.2) is 0 Å². The van der Waals surface area contributed by atoms with Gasteiger partial charge in [-0.3, -0.25) is 0 Å². The van der Waals surface area contributed by atoms with Crippen LogP contribution in [0.25, 0.3) is 66.4 Å². The number of benzene rings is 11. The first kappa shape index (κ1) is 41.6. The molecule has 11 aromatic carbocycles. The predicted octanol–water partition coefficient (Wildman–Crippen LogP) is 18.8. The Morgan fingerprint density at radius 2 is 0.849 bits per heavy atom. The lowest BCUT2D eigenvalue weighted by atomic mass is 9.70. The number of para-hydroxylation sites is 2. The van der Waals surface area contributed by atoms with Crippen molar-refractivity contribution in [3.8, 4) is 44.5 Å². The maximum atomic E-state index is 6.65. The van der Waals surface area contributed by atoms with E-state index in [1.165, 1.54) is 77.9 Å². The van der Waals surface area contributed by atoms with Gasteiger partial charge in [0.2, 0.25) is 0 Å². The monoisotopic (exact) mass is 932 g/mol. The molecule has 0 saturated carbocycles. The van der Waals surface area contributed by atoms with Crippen LogP contribution >= 0.6 is 0 Å². The average molecular weight is 933 g/mol. The van der Waals surface area contributed by atoms with Crippen molar-refractivity contribution in [3.05, 3.63) is 288 Å². The summed E-state index contributed by atoms with van der Waals surface area (Å²) in [6.07, 6.45) is 0. The van der Waals surface area contributed by atoms with E-state index in [4.69, 9.17) is 4.42 Å². The highest BCUT2D eigenvalue weighted by atomic mass is 16.3. The summed E-state index contributed by atoms with van der Waals surface area (Å²) >= 11 is 0. The zero-order valence-electron chi connectivity index (χ0n) is 40.6. The summed E-state index contributed by atoms with van der Waals surface area (Å²) in [6, 6.07) is 94.1. The van der Waals surface area contributed by atoms with Crippen LogP contribution in [0.3, 0.4) is 0 Å². The zero-order valence-corrected chi connectivity index (χ0v) is 40.6. The first-order valence-electron chi connectivity index (χ1n) is 25.4. The topological polar surface area (TPSA) is 19.6 Å². The number of anilines is 6. The van der Waals surface area contributed by atoms with Crippen LogP contribution in [-0.2, 0) is 10.8 Å². The minimum absolute atomic E-state index is 0.159. The fourth-order valence-electron chi connectivity index (χ4n) is 13.2. The first-order chi connectivity index (χ1) is 36.0. The molecule has 0 bridgehead atoms. The lowest BCUT2D eigenvalue weighted by molar-refractivity contribution is 0.660. The first-order valence-corrected chi connectivity index (χ1v) is 25.4. The van der Waals surface area contributed by atoms with Crippen LogP contribution in [0, 0.1) is 0 Å². The van der Waals surface area contributed by atoms with Gasteiger partial charge in [-0.2, -0.15) is 0 Å². The molecule has 1 atom stereocenters. The second kappa shape index (κ2) is 15.7. The second-order valence-corrected chi connectivity index (χ2v) is 20.3. The third-order valence-electron chi connectivity index (χ3n) is 16.3. The summed E-state index contributed by atoms with van der Waals surface area (Å²) in [7, 11) is 0. The Morgan fingerprint density at radius 3 is 1.64 bits per heavy atom. The highest BCUT2D eigenvalue weighted by molar-refractivity contribution is 6.14. The molecule has 3 aliphatic carbocycles. The summed E-state index contributed by atoms with van der Waals surface area (Å²) in [6.45, 7) is 4.75. The smallest absolute Gasteiger partial charge is 0.137 e. The van der Waals surface area contributed by atoms with E-state index in [-0.39, 0.29) is 5.41 Å². The van der Waals surface area contributed by atoms with Crippen molar-refractivity contribution in [2.75, 3.05) is 9.80 Å². The highest BCUT2D eigenvalue weighted by Crippen LogP contribution is 2.67. The Hall–Kier alpha value is -9.18. The van der Waals surface area contributed by atoms with Gasteiger partial charge >= 0.3 is 0 Å². The van der Waals surface area contributed by atoms with Gasteiger partial charge in [-0.1, -0.05) is 202 Å². The van der Waals surface area contributed by atoms with Gasteiger partial charge in [0, 0.05) is 39.0 Å². The molecule has 1 heterocycles. The number of furan rings is 1. The predicted molar refractivity (Wildman–Crippen MR) is 302 cm³/mol. The summed E-state index contributed by atoms with van der Waals surface area (Å²) < 4.78 is 6.65. The Labute approximate surface area is 425 Å². The average Bonchev–Trinajstić information content (AvgIpc) is 4.16. The van der Waals surface area contributed by atoms with Gasteiger partial charge in [0.05, 0.1) is 27.9 Å². The molecule has 73 heavy (non-hydrogen) atoms. The minimum atomic E-state index is -0.691. The van der Waals surface area contributed by atoms with E-state index in [2.05, 4.69) is 278 Å². The van der Waals surface area contributed by atoms with Crippen molar-refractivity contribution in [2.45, 2.75) is 24.7 Å². The lowest BCUT2D eigenvalue weighted by Crippen LogP contribution is -2.28. The van der Waals surface area contributed by atoms with E-state index in [0.717, 1.165) is 56.1 Å². The molecule has 12 aromatic rings. The molecule has 0 amide bonds. The van der Waals surface area contributed by atoms with Gasteiger partial charge in [-0.25, -0.2) is 0 Å². The molecular weight excluding hydrogens is 885 g/mol. The third kappa shape index (κ3) is 5.82. The standard InChI is InChI=1S/C70H48N2O/c1-69(2)56-29-13-9-24-50(56)52-43-42-49(44-60(52)69)71(47-22-7-4-8-23-47)61-33-18-32-59-66(61)54-26-11-15-31-58(54)70(59)57-30-14-10-25-51(57)53-28-17-35-63(68(53)70)72(48-40-38-46(39-41-48)45-20-5-3-6-21-45)62-34-19-37-65-67(62)55-27-12-16-36-64(55)73-65/h3-44H,1-2H3. The number of hydrogen-bond acceptors (Lipinski definition) is 3. The van der Waals surface area contributed by atoms with Crippen molar-refractivity contribution in [1.29, 1.82) is 0 Å². The molecule has 3 nitrogen and oxygen atoms in total. The van der Waals surface area contributed by atoms with E-state index < -0.39 is 5.41 Å². The van der Waals surface area contributed by atoms with E-state index >= 15 is 0 Å². The maximum Gasteiger partial charge on any atom is 0.137 e. The zero-order chi connectivity index (χ0) is 48.4. The van der Waals surface area contributed by atoms with E-state index in [1.807, 2.05) is 0 Å². The van der Waals surface area contributed by atoms with Crippen molar-refractivity contribution < 1.29 is 4.42 Å². The molecule has 1 spiro atoms. The molecule has 344 valence electrons. The van der Waals surface area contributed by atoms with Crippen molar-refractivity contribution in [2.24, 2.45) is 0 Å². The highest BCUT2D eigenvalue weighted by Gasteiger charge is 2.54. The molecule has 3 heteroatoms. The fourth-order valence-corrected chi connectivity index (χ4v) is 13.2. The van der Waals surface area contributed by atoms with Crippen LogP contribution in [0.4, 0.5) is 34.1 Å².